The summed E-state index contributed by atoms with van der Waals surface area (Å²) < 4.78 is 6.01. The molecule has 2 aromatic rings. The summed E-state index contributed by atoms with van der Waals surface area (Å²) in [6.45, 7) is 7.28. The second-order valence-corrected chi connectivity index (χ2v) is 5.41. The highest BCUT2D eigenvalue weighted by Gasteiger charge is 2.17. The van der Waals surface area contributed by atoms with Crippen molar-refractivity contribution in [2.45, 2.75) is 13.0 Å². The van der Waals surface area contributed by atoms with Gasteiger partial charge in [-0.2, -0.15) is 0 Å². The number of benzene rings is 2. The number of nitrogens with zero attached hydrogens (tertiary/aromatic N) is 1. The molecule has 0 aromatic heterocycles. The van der Waals surface area contributed by atoms with E-state index in [1.807, 2.05) is 0 Å². The summed E-state index contributed by atoms with van der Waals surface area (Å²) in [6.07, 6.45) is 0. The SMILES string of the molecule is C[C@H]1CNCCN1CCOc1cccc2ccccc12. The Morgan fingerprint density at radius 2 is 2.05 bits per heavy atom. The number of piperazine rings is 1. The smallest absolute Gasteiger partial charge is 0.127 e. The molecule has 3 rings (SSSR count). The molecule has 106 valence electrons. The molecule has 1 atom stereocenters. The van der Waals surface area contributed by atoms with Gasteiger partial charge < -0.3 is 10.1 Å². The molecular formula is C17H22N2O. The molecule has 0 amide bonds. The van der Waals surface area contributed by atoms with Crippen LogP contribution < -0.4 is 10.1 Å². The largest absolute Gasteiger partial charge is 0.492 e. The second kappa shape index (κ2) is 6.25. The van der Waals surface area contributed by atoms with E-state index in [1.165, 1.54) is 10.8 Å². The van der Waals surface area contributed by atoms with E-state index in [-0.39, 0.29) is 0 Å². The molecule has 0 radical (unpaired) electrons. The van der Waals surface area contributed by atoms with Crippen molar-refractivity contribution in [3.63, 3.8) is 0 Å². The summed E-state index contributed by atoms with van der Waals surface area (Å²) in [5.74, 6) is 0.992. The third-order valence-corrected chi connectivity index (χ3v) is 4.02. The van der Waals surface area contributed by atoms with Crippen LogP contribution in [0.3, 0.4) is 0 Å². The monoisotopic (exact) mass is 270 g/mol. The lowest BCUT2D eigenvalue weighted by molar-refractivity contribution is 0.144. The van der Waals surface area contributed by atoms with E-state index in [2.05, 4.69) is 59.6 Å². The van der Waals surface area contributed by atoms with Gasteiger partial charge in [-0.05, 0) is 18.4 Å². The van der Waals surface area contributed by atoms with E-state index in [4.69, 9.17) is 4.74 Å². The number of nitrogens with one attached hydrogen (secondary N) is 1. The molecule has 1 aliphatic rings. The number of rotatable bonds is 4. The van der Waals surface area contributed by atoms with Gasteiger partial charge in [-0.15, -0.1) is 0 Å². The van der Waals surface area contributed by atoms with Crippen molar-refractivity contribution >= 4 is 10.8 Å². The number of fused-ring (bicyclic) bond motifs is 1. The first kappa shape index (κ1) is 13.4. The van der Waals surface area contributed by atoms with E-state index in [9.17, 15) is 0 Å². The molecular weight excluding hydrogens is 248 g/mol. The Morgan fingerprint density at radius 1 is 1.20 bits per heavy atom. The Kier molecular flexibility index (Phi) is 4.19. The van der Waals surface area contributed by atoms with Crippen molar-refractivity contribution in [3.05, 3.63) is 42.5 Å². The quantitative estimate of drug-likeness (QED) is 0.924. The average Bonchev–Trinajstić information content (AvgIpc) is 2.49. The van der Waals surface area contributed by atoms with Crippen LogP contribution in [-0.2, 0) is 0 Å². The third-order valence-electron chi connectivity index (χ3n) is 4.02. The molecule has 1 heterocycles. The van der Waals surface area contributed by atoms with Crippen molar-refractivity contribution in [2.24, 2.45) is 0 Å². The molecule has 20 heavy (non-hydrogen) atoms. The van der Waals surface area contributed by atoms with E-state index < -0.39 is 0 Å². The molecule has 0 unspecified atom stereocenters. The number of ether oxygens (including phenoxy) is 1. The van der Waals surface area contributed by atoms with Gasteiger partial charge in [0.05, 0.1) is 0 Å². The predicted molar refractivity (Wildman–Crippen MR) is 83.3 cm³/mol. The zero-order valence-electron chi connectivity index (χ0n) is 12.0. The van der Waals surface area contributed by atoms with Gasteiger partial charge in [0.2, 0.25) is 0 Å². The second-order valence-electron chi connectivity index (χ2n) is 5.41. The zero-order valence-corrected chi connectivity index (χ0v) is 12.0. The van der Waals surface area contributed by atoms with E-state index >= 15 is 0 Å². The predicted octanol–water partition coefficient (Wildman–Crippen LogP) is 2.51. The normalized spacial score (nSPS) is 20.1. The molecule has 0 spiro atoms. The maximum Gasteiger partial charge on any atom is 0.127 e. The third kappa shape index (κ3) is 2.94. The van der Waals surface area contributed by atoms with Crippen LogP contribution in [0.4, 0.5) is 0 Å². The summed E-state index contributed by atoms with van der Waals surface area (Å²) in [5.41, 5.74) is 0. The van der Waals surface area contributed by atoms with Crippen molar-refractivity contribution in [3.8, 4) is 5.75 Å². The fourth-order valence-corrected chi connectivity index (χ4v) is 2.81. The van der Waals surface area contributed by atoms with Crippen molar-refractivity contribution in [1.29, 1.82) is 0 Å². The molecule has 1 N–H and O–H groups in total. The highest BCUT2D eigenvalue weighted by atomic mass is 16.5. The number of hydrogen-bond donors (Lipinski definition) is 1. The molecule has 3 heteroatoms. The van der Waals surface area contributed by atoms with Crippen molar-refractivity contribution in [2.75, 3.05) is 32.8 Å². The Morgan fingerprint density at radius 3 is 2.95 bits per heavy atom. The molecule has 0 aliphatic carbocycles. The van der Waals surface area contributed by atoms with Crippen LogP contribution in [0.1, 0.15) is 6.92 Å². The van der Waals surface area contributed by atoms with Crippen LogP contribution in [0.2, 0.25) is 0 Å². The molecule has 3 nitrogen and oxygen atoms in total. The van der Waals surface area contributed by atoms with E-state index in [1.54, 1.807) is 0 Å². The average molecular weight is 270 g/mol. The van der Waals surface area contributed by atoms with E-state index in [0.717, 1.165) is 38.5 Å². The van der Waals surface area contributed by atoms with Gasteiger partial charge in [0.25, 0.3) is 0 Å². The van der Waals surface area contributed by atoms with Gasteiger partial charge in [0.15, 0.2) is 0 Å². The summed E-state index contributed by atoms with van der Waals surface area (Å²) in [4.78, 5) is 2.49. The molecule has 2 aromatic carbocycles. The summed E-state index contributed by atoms with van der Waals surface area (Å²) in [6, 6.07) is 15.2. The standard InChI is InChI=1S/C17H22N2O/c1-14-13-18-9-10-19(14)11-12-20-17-8-4-6-15-5-2-3-7-16(15)17/h2-8,14,18H,9-13H2,1H3/t14-/m0/s1. The fraction of sp³-hybridized carbons (Fsp3) is 0.412. The minimum absolute atomic E-state index is 0.597. The Balaban J connectivity index is 1.62. The highest BCUT2D eigenvalue weighted by Crippen LogP contribution is 2.25. The van der Waals surface area contributed by atoms with Gasteiger partial charge in [-0.1, -0.05) is 36.4 Å². The maximum atomic E-state index is 6.01. The molecule has 1 saturated heterocycles. The summed E-state index contributed by atoms with van der Waals surface area (Å²) in [5, 5.41) is 5.85. The Hall–Kier alpha value is -1.58. The van der Waals surface area contributed by atoms with Crippen molar-refractivity contribution in [1.82, 2.24) is 10.2 Å². The Bertz CT molecular complexity index is 564. The number of hydrogen-bond acceptors (Lipinski definition) is 3. The van der Waals surface area contributed by atoms with Gasteiger partial charge in [0, 0.05) is 37.6 Å². The van der Waals surface area contributed by atoms with Gasteiger partial charge in [-0.3, -0.25) is 4.90 Å². The highest BCUT2D eigenvalue weighted by molar-refractivity contribution is 5.88. The minimum atomic E-state index is 0.597. The molecule has 1 aliphatic heterocycles. The van der Waals surface area contributed by atoms with Crippen LogP contribution >= 0.6 is 0 Å². The first-order valence-electron chi connectivity index (χ1n) is 7.40. The van der Waals surface area contributed by atoms with Crippen LogP contribution in [0.25, 0.3) is 10.8 Å². The van der Waals surface area contributed by atoms with Crippen LogP contribution in [0.5, 0.6) is 5.75 Å². The van der Waals surface area contributed by atoms with Crippen LogP contribution in [-0.4, -0.2) is 43.7 Å². The maximum absolute atomic E-state index is 6.01. The molecule has 1 fully saturated rings. The van der Waals surface area contributed by atoms with Gasteiger partial charge >= 0.3 is 0 Å². The van der Waals surface area contributed by atoms with Crippen molar-refractivity contribution < 1.29 is 4.74 Å². The zero-order chi connectivity index (χ0) is 13.8. The minimum Gasteiger partial charge on any atom is -0.492 e. The topological polar surface area (TPSA) is 24.5 Å². The van der Waals surface area contributed by atoms with Crippen LogP contribution in [0.15, 0.2) is 42.5 Å². The lowest BCUT2D eigenvalue weighted by Crippen LogP contribution is -2.50. The van der Waals surface area contributed by atoms with E-state index in [0.29, 0.717) is 6.04 Å². The molecule has 0 bridgehead atoms. The Labute approximate surface area is 120 Å². The lowest BCUT2D eigenvalue weighted by Gasteiger charge is -2.33. The lowest BCUT2D eigenvalue weighted by atomic mass is 10.1. The first-order valence-corrected chi connectivity index (χ1v) is 7.40. The van der Waals surface area contributed by atoms with Gasteiger partial charge in [-0.25, -0.2) is 0 Å². The fourth-order valence-electron chi connectivity index (χ4n) is 2.81. The summed E-state index contributed by atoms with van der Waals surface area (Å²) >= 11 is 0. The van der Waals surface area contributed by atoms with Gasteiger partial charge in [0.1, 0.15) is 12.4 Å². The van der Waals surface area contributed by atoms with Crippen LogP contribution in [0, 0.1) is 0 Å². The first-order chi connectivity index (χ1) is 9.84. The molecule has 0 saturated carbocycles. The summed E-state index contributed by atoms with van der Waals surface area (Å²) in [7, 11) is 0.